The lowest BCUT2D eigenvalue weighted by atomic mass is 10.0. The maximum absolute atomic E-state index is 13.2. The summed E-state index contributed by atoms with van der Waals surface area (Å²) in [6.45, 7) is 2.21. The Morgan fingerprint density at radius 3 is 2.44 bits per heavy atom. The maximum Gasteiger partial charge on any atom is 0.340 e. The molecular weight excluding hydrogens is 460 g/mol. The first-order valence-electron chi connectivity index (χ1n) is 11.3. The van der Waals surface area contributed by atoms with E-state index in [-0.39, 0.29) is 36.1 Å². The van der Waals surface area contributed by atoms with Gasteiger partial charge in [-0.2, -0.15) is 0 Å². The number of furan rings is 1. The molecular formula is C28H26N2O6. The quantitative estimate of drug-likeness (QED) is 0.365. The third-order valence-corrected chi connectivity index (χ3v) is 5.69. The number of esters is 1. The summed E-state index contributed by atoms with van der Waals surface area (Å²) in [7, 11) is 1.28. The van der Waals surface area contributed by atoms with Crippen molar-refractivity contribution in [2.24, 2.45) is 0 Å². The van der Waals surface area contributed by atoms with Crippen molar-refractivity contribution in [3.05, 3.63) is 107 Å². The Hall–Kier alpha value is -4.59. The zero-order valence-electron chi connectivity index (χ0n) is 20.0. The summed E-state index contributed by atoms with van der Waals surface area (Å²) in [6, 6.07) is 20.0. The van der Waals surface area contributed by atoms with Crippen LogP contribution in [0.15, 0.2) is 94.3 Å². The van der Waals surface area contributed by atoms with Crippen LogP contribution >= 0.6 is 0 Å². The van der Waals surface area contributed by atoms with Crippen LogP contribution in [0, 0.1) is 0 Å². The van der Waals surface area contributed by atoms with Crippen LogP contribution in [0.3, 0.4) is 0 Å². The molecule has 2 heterocycles. The van der Waals surface area contributed by atoms with Crippen LogP contribution in [-0.2, 0) is 32.2 Å². The number of rotatable bonds is 9. The second-order valence-electron chi connectivity index (χ2n) is 8.10. The minimum atomic E-state index is -0.587. The molecule has 36 heavy (non-hydrogen) atoms. The highest BCUT2D eigenvalue weighted by molar-refractivity contribution is 6.16. The minimum absolute atomic E-state index is 0.123. The Kier molecular flexibility index (Phi) is 7.65. The van der Waals surface area contributed by atoms with E-state index in [1.165, 1.54) is 18.3 Å². The molecule has 0 spiro atoms. The number of ether oxygens (including phenoxy) is 2. The summed E-state index contributed by atoms with van der Waals surface area (Å²) in [5.41, 5.74) is 2.64. The predicted octanol–water partition coefficient (Wildman–Crippen LogP) is 3.85. The molecule has 0 saturated heterocycles. The molecule has 0 fully saturated rings. The van der Waals surface area contributed by atoms with Gasteiger partial charge < -0.3 is 24.1 Å². The first-order valence-corrected chi connectivity index (χ1v) is 11.3. The molecule has 1 N–H and O–H groups in total. The van der Waals surface area contributed by atoms with Crippen LogP contribution in [-0.4, -0.2) is 36.4 Å². The number of carbonyl (C=O) groups is 3. The van der Waals surface area contributed by atoms with Gasteiger partial charge in [0, 0.05) is 12.2 Å². The van der Waals surface area contributed by atoms with Gasteiger partial charge in [0.25, 0.3) is 11.8 Å². The normalized spacial score (nSPS) is 14.3. The van der Waals surface area contributed by atoms with Crippen LogP contribution < -0.4 is 10.1 Å². The van der Waals surface area contributed by atoms with E-state index < -0.39 is 5.97 Å². The van der Waals surface area contributed by atoms with Gasteiger partial charge in [-0.25, -0.2) is 4.79 Å². The van der Waals surface area contributed by atoms with Crippen LogP contribution in [0.5, 0.6) is 5.75 Å². The van der Waals surface area contributed by atoms with Crippen molar-refractivity contribution in [1.29, 1.82) is 0 Å². The molecule has 184 valence electrons. The summed E-state index contributed by atoms with van der Waals surface area (Å²) in [5.74, 6) is -0.0385. The van der Waals surface area contributed by atoms with Crippen molar-refractivity contribution < 1.29 is 28.3 Å². The van der Waals surface area contributed by atoms with E-state index in [0.29, 0.717) is 29.3 Å². The second-order valence-corrected chi connectivity index (χ2v) is 8.10. The van der Waals surface area contributed by atoms with E-state index in [1.54, 1.807) is 49.4 Å². The van der Waals surface area contributed by atoms with Crippen molar-refractivity contribution >= 4 is 23.9 Å². The lowest BCUT2D eigenvalue weighted by molar-refractivity contribution is -0.136. The topological polar surface area (TPSA) is 98.1 Å². The van der Waals surface area contributed by atoms with Gasteiger partial charge in [0.1, 0.15) is 11.5 Å². The number of nitrogens with zero attached hydrogens (tertiary/aromatic N) is 1. The first-order chi connectivity index (χ1) is 17.5. The van der Waals surface area contributed by atoms with E-state index in [9.17, 15) is 14.4 Å². The molecule has 0 bridgehead atoms. The van der Waals surface area contributed by atoms with Gasteiger partial charge >= 0.3 is 5.97 Å². The zero-order valence-corrected chi connectivity index (χ0v) is 20.0. The molecule has 4 rings (SSSR count). The molecule has 0 radical (unpaired) electrons. The zero-order chi connectivity index (χ0) is 25.5. The number of carbonyl (C=O) groups excluding carboxylic acids is 3. The fraction of sp³-hybridized carbons (Fsp3) is 0.179. The van der Waals surface area contributed by atoms with Gasteiger partial charge in [-0.1, -0.05) is 42.5 Å². The van der Waals surface area contributed by atoms with Gasteiger partial charge in [0.05, 0.1) is 31.1 Å². The van der Waals surface area contributed by atoms with E-state index >= 15 is 0 Å². The largest absolute Gasteiger partial charge is 0.484 e. The number of methoxy groups -OCH3 is 1. The summed E-state index contributed by atoms with van der Waals surface area (Å²) in [4.78, 5) is 39.2. The molecule has 0 unspecified atom stereocenters. The number of hydrogen-bond donors (Lipinski definition) is 1. The number of amides is 2. The van der Waals surface area contributed by atoms with Gasteiger partial charge in [-0.3, -0.25) is 9.59 Å². The summed E-state index contributed by atoms with van der Waals surface area (Å²) in [5, 5.41) is 2.81. The molecule has 0 aliphatic carbocycles. The molecule has 0 saturated carbocycles. The monoisotopic (exact) mass is 486 g/mol. The summed E-state index contributed by atoms with van der Waals surface area (Å²) in [6.07, 6.45) is 3.17. The van der Waals surface area contributed by atoms with Gasteiger partial charge in [-0.05, 0) is 48.4 Å². The van der Waals surface area contributed by atoms with E-state index in [2.05, 4.69) is 5.32 Å². The van der Waals surface area contributed by atoms with Gasteiger partial charge in [-0.15, -0.1) is 0 Å². The molecule has 8 nitrogen and oxygen atoms in total. The second kappa shape index (κ2) is 11.2. The molecule has 2 amide bonds. The maximum atomic E-state index is 13.2. The van der Waals surface area contributed by atoms with Crippen molar-refractivity contribution in [2.75, 3.05) is 13.7 Å². The average Bonchev–Trinajstić information content (AvgIpc) is 3.50. The number of allylic oxidation sites excluding steroid dienone is 1. The smallest absolute Gasteiger partial charge is 0.340 e. The van der Waals surface area contributed by atoms with Crippen molar-refractivity contribution in [2.45, 2.75) is 20.0 Å². The van der Waals surface area contributed by atoms with Crippen molar-refractivity contribution in [1.82, 2.24) is 10.2 Å². The molecule has 8 heteroatoms. The highest BCUT2D eigenvalue weighted by atomic mass is 16.5. The fourth-order valence-electron chi connectivity index (χ4n) is 3.80. The summed E-state index contributed by atoms with van der Waals surface area (Å²) >= 11 is 0. The highest BCUT2D eigenvalue weighted by Crippen LogP contribution is 2.33. The molecule has 2 aromatic carbocycles. The number of benzene rings is 2. The van der Waals surface area contributed by atoms with E-state index in [1.807, 2.05) is 30.3 Å². The number of nitrogens with one attached hydrogen (secondary N) is 1. The number of hydrogen-bond acceptors (Lipinski definition) is 6. The van der Waals surface area contributed by atoms with Gasteiger partial charge in [0.2, 0.25) is 0 Å². The van der Waals surface area contributed by atoms with Crippen LogP contribution in [0.1, 0.15) is 23.8 Å². The first kappa shape index (κ1) is 24.5. The summed E-state index contributed by atoms with van der Waals surface area (Å²) < 4.78 is 15.9. The van der Waals surface area contributed by atoms with Crippen LogP contribution in [0.2, 0.25) is 0 Å². The minimum Gasteiger partial charge on any atom is -0.484 e. The van der Waals surface area contributed by atoms with Crippen molar-refractivity contribution in [3.8, 4) is 5.75 Å². The van der Waals surface area contributed by atoms with Crippen LogP contribution in [0.4, 0.5) is 0 Å². The average molecular weight is 487 g/mol. The molecule has 1 aliphatic heterocycles. The SMILES string of the molecule is COC(=O)C1=C(C)N(Cc2ccco2)C(=O)/C1=C\c1ccc(OCC(=O)NCc2ccccc2)cc1. The molecule has 1 aliphatic rings. The Labute approximate surface area is 208 Å². The van der Waals surface area contributed by atoms with Crippen LogP contribution in [0.25, 0.3) is 6.08 Å². The third kappa shape index (κ3) is 5.72. The van der Waals surface area contributed by atoms with Crippen molar-refractivity contribution in [3.63, 3.8) is 0 Å². The Morgan fingerprint density at radius 1 is 1.03 bits per heavy atom. The lowest BCUT2D eigenvalue weighted by Crippen LogP contribution is -2.28. The van der Waals surface area contributed by atoms with Gasteiger partial charge in [0.15, 0.2) is 6.61 Å². The Morgan fingerprint density at radius 2 is 1.78 bits per heavy atom. The molecule has 3 aromatic rings. The predicted molar refractivity (Wildman–Crippen MR) is 132 cm³/mol. The highest BCUT2D eigenvalue weighted by Gasteiger charge is 2.37. The fourth-order valence-corrected chi connectivity index (χ4v) is 3.80. The lowest BCUT2D eigenvalue weighted by Gasteiger charge is -2.16. The Balaban J connectivity index is 1.42. The molecule has 0 atom stereocenters. The third-order valence-electron chi connectivity index (χ3n) is 5.69. The Bertz CT molecular complexity index is 1290. The van der Waals surface area contributed by atoms with E-state index in [4.69, 9.17) is 13.9 Å². The molecule has 1 aromatic heterocycles. The standard InChI is InChI=1S/C28H26N2O6/c1-19-26(28(33)34-2)24(27(32)30(19)17-23-9-6-14-35-23)15-20-10-12-22(13-11-20)36-18-25(31)29-16-21-7-4-3-5-8-21/h3-15H,16-18H2,1-2H3,(H,29,31)/b24-15-. The van der Waals surface area contributed by atoms with E-state index in [0.717, 1.165) is 5.56 Å².